The molecular weight excluding hydrogens is 528 g/mol. The van der Waals surface area contributed by atoms with Crippen molar-refractivity contribution in [3.05, 3.63) is 71.3 Å². The Morgan fingerprint density at radius 3 is 1.52 bits per heavy atom. The highest BCUT2D eigenvalue weighted by atomic mass is 16.6. The van der Waals surface area contributed by atoms with E-state index in [4.69, 9.17) is 9.47 Å². The molecule has 0 aromatic carbocycles. The first kappa shape index (κ1) is 31.0. The van der Waals surface area contributed by atoms with Gasteiger partial charge in [0.25, 0.3) is 0 Å². The molecule has 42 heavy (non-hydrogen) atoms. The molecule has 2 aliphatic heterocycles. The van der Waals surface area contributed by atoms with Crippen LogP contribution in [0.2, 0.25) is 0 Å². The average Bonchev–Trinajstić information content (AvgIpc) is 3.57. The first-order chi connectivity index (χ1) is 19.9. The summed E-state index contributed by atoms with van der Waals surface area (Å²) in [5.74, 6) is 10.7. The zero-order valence-corrected chi connectivity index (χ0v) is 25.4. The highest BCUT2D eigenvalue weighted by molar-refractivity contribution is 5.92. The first-order valence-corrected chi connectivity index (χ1v) is 14.4. The van der Waals surface area contributed by atoms with E-state index in [1.165, 1.54) is 0 Å². The van der Waals surface area contributed by atoms with Crippen LogP contribution in [0.3, 0.4) is 0 Å². The lowest BCUT2D eigenvalue weighted by Crippen LogP contribution is -2.26. The van der Waals surface area contributed by atoms with Crippen molar-refractivity contribution in [2.75, 3.05) is 27.2 Å². The van der Waals surface area contributed by atoms with E-state index in [1.807, 2.05) is 24.5 Å². The maximum absolute atomic E-state index is 12.4. The third-order valence-corrected chi connectivity index (χ3v) is 7.41. The summed E-state index contributed by atoms with van der Waals surface area (Å²) in [4.78, 5) is 38.2. The Kier molecular flexibility index (Phi) is 9.83. The number of pyridine rings is 2. The maximum Gasteiger partial charge on any atom is 0.332 e. The number of aromatic nitrogens is 2. The fourth-order valence-electron chi connectivity index (χ4n) is 5.28. The molecule has 2 aromatic heterocycles. The molecule has 0 aliphatic carbocycles. The largest absolute Gasteiger partial charge is 0.443 e. The Morgan fingerprint density at radius 1 is 0.762 bits per heavy atom. The molecule has 0 bridgehead atoms. The van der Waals surface area contributed by atoms with Gasteiger partial charge in [0.1, 0.15) is 0 Å². The summed E-state index contributed by atoms with van der Waals surface area (Å²) < 4.78 is 11.0. The molecule has 8 heteroatoms. The topological polar surface area (TPSA) is 84.9 Å². The van der Waals surface area contributed by atoms with E-state index in [-0.39, 0.29) is 0 Å². The molecule has 0 amide bonds. The van der Waals surface area contributed by atoms with E-state index >= 15 is 0 Å². The van der Waals surface area contributed by atoms with Crippen LogP contribution in [0.25, 0.3) is 0 Å². The molecule has 2 saturated heterocycles. The van der Waals surface area contributed by atoms with Gasteiger partial charge in [0, 0.05) is 60.1 Å². The van der Waals surface area contributed by atoms with Gasteiger partial charge in [-0.3, -0.25) is 19.8 Å². The summed E-state index contributed by atoms with van der Waals surface area (Å²) in [6.45, 7) is 8.91. The van der Waals surface area contributed by atoms with Gasteiger partial charge in [-0.25, -0.2) is 9.59 Å². The highest BCUT2D eigenvalue weighted by Crippen LogP contribution is 2.31. The zero-order valence-electron chi connectivity index (χ0n) is 25.4. The van der Waals surface area contributed by atoms with Gasteiger partial charge in [-0.1, -0.05) is 23.7 Å². The SMILES string of the molecule is CN1CCCC1c1cncc(C#CC(C)(C)OC(=O)/C=C/C(=O)OC(C)(C)C#Cc2cncc(C3CCCN3C)c2)c1. The maximum atomic E-state index is 12.4. The Morgan fingerprint density at radius 2 is 1.17 bits per heavy atom. The molecule has 0 spiro atoms. The molecule has 4 rings (SSSR count). The second-order valence-corrected chi connectivity index (χ2v) is 12.0. The number of hydrogen-bond donors (Lipinski definition) is 0. The van der Waals surface area contributed by atoms with Crippen molar-refractivity contribution in [2.24, 2.45) is 0 Å². The molecule has 4 heterocycles. The van der Waals surface area contributed by atoms with Gasteiger partial charge in [0.05, 0.1) is 0 Å². The van der Waals surface area contributed by atoms with E-state index < -0.39 is 23.1 Å². The summed E-state index contributed by atoms with van der Waals surface area (Å²) in [7, 11) is 4.23. The molecule has 2 fully saturated rings. The second-order valence-electron chi connectivity index (χ2n) is 12.0. The lowest BCUT2D eigenvalue weighted by molar-refractivity contribution is -0.148. The third kappa shape index (κ3) is 8.76. The minimum absolute atomic E-state index is 0.345. The van der Waals surface area contributed by atoms with Gasteiger partial charge in [-0.15, -0.1) is 0 Å². The molecule has 2 unspecified atom stereocenters. The van der Waals surface area contributed by atoms with Crippen molar-refractivity contribution < 1.29 is 19.1 Å². The smallest absolute Gasteiger partial charge is 0.332 e. The van der Waals surface area contributed by atoms with Crippen molar-refractivity contribution in [1.82, 2.24) is 19.8 Å². The van der Waals surface area contributed by atoms with Crippen LogP contribution in [0.5, 0.6) is 0 Å². The summed E-state index contributed by atoms with van der Waals surface area (Å²) in [6.07, 6.45) is 13.8. The van der Waals surface area contributed by atoms with Crippen LogP contribution >= 0.6 is 0 Å². The van der Waals surface area contributed by atoms with Crippen LogP contribution in [0.15, 0.2) is 49.1 Å². The van der Waals surface area contributed by atoms with Crippen LogP contribution in [0.4, 0.5) is 0 Å². The van der Waals surface area contributed by atoms with E-state index in [1.54, 1.807) is 40.1 Å². The van der Waals surface area contributed by atoms with Gasteiger partial charge in [0.15, 0.2) is 11.2 Å². The number of likely N-dealkylation sites (tertiary alicyclic amines) is 2. The van der Waals surface area contributed by atoms with Gasteiger partial charge < -0.3 is 9.47 Å². The van der Waals surface area contributed by atoms with Crippen molar-refractivity contribution in [1.29, 1.82) is 0 Å². The fraction of sp³-hybridized carbons (Fsp3) is 0.471. The number of nitrogens with zero attached hydrogens (tertiary/aromatic N) is 4. The number of hydrogen-bond acceptors (Lipinski definition) is 8. The lowest BCUT2D eigenvalue weighted by atomic mass is 10.0. The normalized spacial score (nSPS) is 19.6. The predicted molar refractivity (Wildman–Crippen MR) is 161 cm³/mol. The quantitative estimate of drug-likeness (QED) is 0.284. The summed E-state index contributed by atoms with van der Waals surface area (Å²) >= 11 is 0. The predicted octanol–water partition coefficient (Wildman–Crippen LogP) is 4.61. The van der Waals surface area contributed by atoms with Crippen molar-refractivity contribution >= 4 is 11.9 Å². The molecule has 0 saturated carbocycles. The van der Waals surface area contributed by atoms with E-state index in [2.05, 4.69) is 57.5 Å². The fourth-order valence-corrected chi connectivity index (χ4v) is 5.28. The average molecular weight is 569 g/mol. The van der Waals surface area contributed by atoms with Crippen LogP contribution in [0.1, 0.15) is 87.7 Å². The molecular formula is C34H40N4O4. The molecule has 0 radical (unpaired) electrons. The Hall–Kier alpha value is -3.98. The minimum atomic E-state index is -1.08. The van der Waals surface area contributed by atoms with E-state index in [0.29, 0.717) is 12.1 Å². The number of rotatable bonds is 6. The number of carbonyl (C=O) groups excluding carboxylic acids is 2. The van der Waals surface area contributed by atoms with Crippen LogP contribution < -0.4 is 0 Å². The summed E-state index contributed by atoms with van der Waals surface area (Å²) in [5.41, 5.74) is 1.62. The van der Waals surface area contributed by atoms with Crippen LogP contribution in [0, 0.1) is 23.7 Å². The van der Waals surface area contributed by atoms with Gasteiger partial charge in [0.2, 0.25) is 0 Å². The highest BCUT2D eigenvalue weighted by Gasteiger charge is 2.25. The standard InChI is InChI=1S/C34H40N4O4/c1-33(2,15-13-25-19-27(23-35-21-25)29-9-7-17-37(29)5)41-31(39)11-12-32(40)42-34(3,4)16-14-26-20-28(24-36-22-26)30-10-8-18-38(30)6/h11-12,19-24,29-30H,7-10,17-18H2,1-6H3/b12-11+. The van der Waals surface area contributed by atoms with Crippen molar-refractivity contribution in [2.45, 2.75) is 76.7 Å². The van der Waals surface area contributed by atoms with Crippen LogP contribution in [-0.4, -0.2) is 70.1 Å². The molecule has 8 nitrogen and oxygen atoms in total. The molecule has 2 aliphatic rings. The molecule has 2 atom stereocenters. The number of esters is 2. The van der Waals surface area contributed by atoms with Crippen LogP contribution in [-0.2, 0) is 19.1 Å². The number of carbonyl (C=O) groups is 2. The monoisotopic (exact) mass is 568 g/mol. The Balaban J connectivity index is 1.31. The minimum Gasteiger partial charge on any atom is -0.443 e. The van der Waals surface area contributed by atoms with Crippen molar-refractivity contribution in [3.8, 4) is 23.7 Å². The van der Waals surface area contributed by atoms with Gasteiger partial charge in [-0.05, 0) is 104 Å². The van der Waals surface area contributed by atoms with E-state index in [9.17, 15) is 9.59 Å². The summed E-state index contributed by atoms with van der Waals surface area (Å²) in [6, 6.07) is 4.76. The zero-order chi connectivity index (χ0) is 30.3. The van der Waals surface area contributed by atoms with E-state index in [0.717, 1.165) is 73.2 Å². The van der Waals surface area contributed by atoms with Crippen molar-refractivity contribution in [3.63, 3.8) is 0 Å². The molecule has 0 N–H and O–H groups in total. The Bertz CT molecular complexity index is 1350. The lowest BCUT2D eigenvalue weighted by Gasteiger charge is -2.20. The third-order valence-electron chi connectivity index (χ3n) is 7.41. The Labute approximate surface area is 249 Å². The second kappa shape index (κ2) is 13.3. The van der Waals surface area contributed by atoms with Gasteiger partial charge in [-0.2, -0.15) is 0 Å². The first-order valence-electron chi connectivity index (χ1n) is 14.4. The number of ether oxygens (including phenoxy) is 2. The van der Waals surface area contributed by atoms with Gasteiger partial charge >= 0.3 is 11.9 Å². The summed E-state index contributed by atoms with van der Waals surface area (Å²) in [5, 5.41) is 0. The molecule has 2 aromatic rings. The molecule has 220 valence electrons.